The number of carbonyl (C=O) groups is 1. The first-order valence-corrected chi connectivity index (χ1v) is 11.2. The summed E-state index contributed by atoms with van der Waals surface area (Å²) in [5.41, 5.74) is 1.48. The fraction of sp³-hybridized carbons (Fsp3) is 0.120. The lowest BCUT2D eigenvalue weighted by atomic mass is 10.1. The van der Waals surface area contributed by atoms with E-state index in [-0.39, 0.29) is 23.0 Å². The van der Waals surface area contributed by atoms with Gasteiger partial charge >= 0.3 is 0 Å². The number of hydrogen-bond donors (Lipinski definition) is 2. The molecule has 0 heterocycles. The first kappa shape index (κ1) is 25.3. The van der Waals surface area contributed by atoms with Crippen LogP contribution in [-0.4, -0.2) is 17.6 Å². The number of nitriles is 1. The Hall–Kier alpha value is -3.37. The maximum Gasteiger partial charge on any atom is 0.266 e. The number of nitrogens with zero attached hydrogens (tertiary/aromatic N) is 1. The van der Waals surface area contributed by atoms with E-state index in [4.69, 9.17) is 44.3 Å². The molecule has 0 fully saturated rings. The second-order valence-electron chi connectivity index (χ2n) is 6.96. The van der Waals surface area contributed by atoms with Gasteiger partial charge in [-0.1, -0.05) is 40.9 Å². The Bertz CT molecular complexity index is 1270. The van der Waals surface area contributed by atoms with Crippen LogP contribution in [0.1, 0.15) is 18.1 Å². The topological polar surface area (TPSA) is 91.6 Å². The molecule has 0 saturated heterocycles. The van der Waals surface area contributed by atoms with Crippen molar-refractivity contribution in [3.05, 3.63) is 86.4 Å². The third-order valence-corrected chi connectivity index (χ3v) is 5.39. The van der Waals surface area contributed by atoms with Crippen molar-refractivity contribution in [3.8, 4) is 23.3 Å². The van der Waals surface area contributed by atoms with Crippen LogP contribution in [0.4, 0.5) is 5.69 Å². The number of aromatic hydroxyl groups is 1. The summed E-state index contributed by atoms with van der Waals surface area (Å²) in [5.74, 6) is 0.106. The molecule has 3 aromatic carbocycles. The summed E-state index contributed by atoms with van der Waals surface area (Å²) >= 11 is 18.6. The largest absolute Gasteiger partial charge is 0.508 e. The van der Waals surface area contributed by atoms with E-state index in [0.29, 0.717) is 45.0 Å². The highest BCUT2D eigenvalue weighted by Crippen LogP contribution is 2.38. The first-order chi connectivity index (χ1) is 16.3. The van der Waals surface area contributed by atoms with Crippen molar-refractivity contribution in [2.75, 3.05) is 11.9 Å². The lowest BCUT2D eigenvalue weighted by Crippen LogP contribution is -2.13. The molecule has 0 aliphatic heterocycles. The zero-order valence-electron chi connectivity index (χ0n) is 17.9. The summed E-state index contributed by atoms with van der Waals surface area (Å²) in [6.45, 7) is 2.28. The number of rotatable bonds is 8. The van der Waals surface area contributed by atoms with E-state index in [2.05, 4.69) is 5.32 Å². The highest BCUT2D eigenvalue weighted by atomic mass is 35.5. The Morgan fingerprint density at radius 1 is 1.06 bits per heavy atom. The molecule has 0 atom stereocenters. The van der Waals surface area contributed by atoms with Crippen LogP contribution in [0.5, 0.6) is 17.2 Å². The summed E-state index contributed by atoms with van der Waals surface area (Å²) in [7, 11) is 0. The molecule has 3 aromatic rings. The maximum absolute atomic E-state index is 12.5. The van der Waals surface area contributed by atoms with Crippen LogP contribution < -0.4 is 14.8 Å². The van der Waals surface area contributed by atoms with E-state index in [0.717, 1.165) is 0 Å². The monoisotopic (exact) mass is 516 g/mol. The molecule has 0 saturated carbocycles. The Morgan fingerprint density at radius 3 is 2.44 bits per heavy atom. The van der Waals surface area contributed by atoms with E-state index < -0.39 is 5.91 Å². The molecule has 174 valence electrons. The van der Waals surface area contributed by atoms with Crippen LogP contribution in [0.3, 0.4) is 0 Å². The van der Waals surface area contributed by atoms with Gasteiger partial charge in [0.1, 0.15) is 24.0 Å². The standard InChI is InChI=1S/C25H19Cl3N2O4/c1-2-33-23-11-15(9-17(13-29)25(32)30-19-5-7-20(31)8-6-19)10-22(28)24(23)34-14-16-3-4-18(26)12-21(16)27/h3-12,31H,2,14H2,1H3,(H,30,32). The van der Waals surface area contributed by atoms with Crippen LogP contribution in [0.2, 0.25) is 15.1 Å². The minimum absolute atomic E-state index is 0.0628. The fourth-order valence-electron chi connectivity index (χ4n) is 2.92. The Labute approximate surface area is 211 Å². The molecule has 2 N–H and O–H groups in total. The Morgan fingerprint density at radius 2 is 1.79 bits per heavy atom. The molecular formula is C25H19Cl3N2O4. The zero-order chi connectivity index (χ0) is 24.7. The van der Waals surface area contributed by atoms with Gasteiger partial charge in [0.15, 0.2) is 11.5 Å². The molecule has 0 aromatic heterocycles. The molecule has 0 radical (unpaired) electrons. The second-order valence-corrected chi connectivity index (χ2v) is 8.21. The smallest absolute Gasteiger partial charge is 0.266 e. The van der Waals surface area contributed by atoms with Crippen molar-refractivity contribution in [3.63, 3.8) is 0 Å². The van der Waals surface area contributed by atoms with E-state index >= 15 is 0 Å². The first-order valence-electron chi connectivity index (χ1n) is 10.1. The lowest BCUT2D eigenvalue weighted by Gasteiger charge is -2.15. The van der Waals surface area contributed by atoms with Gasteiger partial charge in [0.25, 0.3) is 5.91 Å². The molecule has 3 rings (SSSR count). The number of halogens is 3. The van der Waals surface area contributed by atoms with Crippen LogP contribution >= 0.6 is 34.8 Å². The summed E-state index contributed by atoms with van der Waals surface area (Å²) in [4.78, 5) is 12.5. The number of phenolic OH excluding ortho intramolecular Hbond substituents is 1. The number of anilines is 1. The van der Waals surface area contributed by atoms with E-state index in [1.807, 2.05) is 13.0 Å². The summed E-state index contributed by atoms with van der Waals surface area (Å²) in [6, 6.07) is 16.0. The number of phenols is 1. The van der Waals surface area contributed by atoms with Gasteiger partial charge < -0.3 is 19.9 Å². The average molecular weight is 518 g/mol. The molecule has 0 bridgehead atoms. The van der Waals surface area contributed by atoms with Crippen molar-refractivity contribution >= 4 is 52.5 Å². The highest BCUT2D eigenvalue weighted by molar-refractivity contribution is 6.35. The highest BCUT2D eigenvalue weighted by Gasteiger charge is 2.15. The van der Waals surface area contributed by atoms with Crippen LogP contribution in [-0.2, 0) is 11.4 Å². The second kappa shape index (κ2) is 11.7. The molecule has 0 spiro atoms. The van der Waals surface area contributed by atoms with Gasteiger partial charge in [0, 0.05) is 21.3 Å². The molecule has 1 amide bonds. The molecule has 0 unspecified atom stereocenters. The van der Waals surface area contributed by atoms with Gasteiger partial charge in [-0.05, 0) is 67.1 Å². The van der Waals surface area contributed by atoms with E-state index in [1.54, 1.807) is 30.3 Å². The van der Waals surface area contributed by atoms with Gasteiger partial charge in [0.05, 0.1) is 11.6 Å². The molecular weight excluding hydrogens is 499 g/mol. The Balaban J connectivity index is 1.85. The molecule has 9 heteroatoms. The van der Waals surface area contributed by atoms with Crippen LogP contribution in [0.15, 0.2) is 60.2 Å². The van der Waals surface area contributed by atoms with Gasteiger partial charge in [-0.2, -0.15) is 5.26 Å². The predicted molar refractivity (Wildman–Crippen MR) is 134 cm³/mol. The maximum atomic E-state index is 12.5. The quantitative estimate of drug-likeness (QED) is 0.193. The SMILES string of the molecule is CCOc1cc(C=C(C#N)C(=O)Nc2ccc(O)cc2)cc(Cl)c1OCc1ccc(Cl)cc1Cl. The summed E-state index contributed by atoms with van der Waals surface area (Å²) in [6.07, 6.45) is 1.39. The van der Waals surface area contributed by atoms with E-state index in [1.165, 1.54) is 30.3 Å². The predicted octanol–water partition coefficient (Wildman–Crippen LogP) is 6.88. The van der Waals surface area contributed by atoms with Gasteiger partial charge in [0.2, 0.25) is 0 Å². The van der Waals surface area contributed by atoms with Gasteiger partial charge in [-0.15, -0.1) is 0 Å². The number of hydrogen-bond acceptors (Lipinski definition) is 5. The number of benzene rings is 3. The Kier molecular flexibility index (Phi) is 8.67. The van der Waals surface area contributed by atoms with E-state index in [9.17, 15) is 15.2 Å². The number of ether oxygens (including phenoxy) is 2. The molecule has 34 heavy (non-hydrogen) atoms. The number of carbonyl (C=O) groups excluding carboxylic acids is 1. The normalized spacial score (nSPS) is 11.0. The molecule has 6 nitrogen and oxygen atoms in total. The van der Waals surface area contributed by atoms with Gasteiger partial charge in [-0.3, -0.25) is 4.79 Å². The van der Waals surface area contributed by atoms with Gasteiger partial charge in [-0.25, -0.2) is 0 Å². The molecule has 0 aliphatic rings. The van der Waals surface area contributed by atoms with Crippen molar-refractivity contribution in [2.45, 2.75) is 13.5 Å². The minimum Gasteiger partial charge on any atom is -0.508 e. The van der Waals surface area contributed by atoms with Crippen LogP contribution in [0, 0.1) is 11.3 Å². The third kappa shape index (κ3) is 6.58. The zero-order valence-corrected chi connectivity index (χ0v) is 20.2. The summed E-state index contributed by atoms with van der Waals surface area (Å²) < 4.78 is 11.6. The van der Waals surface area contributed by atoms with Crippen molar-refractivity contribution in [1.82, 2.24) is 0 Å². The lowest BCUT2D eigenvalue weighted by molar-refractivity contribution is -0.112. The third-order valence-electron chi connectivity index (χ3n) is 4.52. The average Bonchev–Trinajstić information content (AvgIpc) is 2.79. The fourth-order valence-corrected chi connectivity index (χ4v) is 3.66. The minimum atomic E-state index is -0.611. The molecule has 0 aliphatic carbocycles. The number of nitrogens with one attached hydrogen (secondary N) is 1. The van der Waals surface area contributed by atoms with Crippen LogP contribution in [0.25, 0.3) is 6.08 Å². The van der Waals surface area contributed by atoms with Crippen molar-refractivity contribution in [1.29, 1.82) is 5.26 Å². The van der Waals surface area contributed by atoms with Crippen molar-refractivity contribution in [2.24, 2.45) is 0 Å². The summed E-state index contributed by atoms with van der Waals surface area (Å²) in [5, 5.41) is 22.7. The van der Waals surface area contributed by atoms with Crippen molar-refractivity contribution < 1.29 is 19.4 Å². The number of amides is 1.